The number of rotatable bonds is 2. The lowest BCUT2D eigenvalue weighted by molar-refractivity contribution is -0.134. The van der Waals surface area contributed by atoms with Crippen LogP contribution in [-0.4, -0.2) is 13.1 Å². The van der Waals surface area contributed by atoms with Gasteiger partial charge in [-0.05, 0) is 31.6 Å². The fraction of sp³-hybridized carbons (Fsp3) is 0.750. The molecule has 1 atom stereocenters. The first kappa shape index (κ1) is 11.3. The predicted molar refractivity (Wildman–Crippen MR) is 57.0 cm³/mol. The molecule has 0 heterocycles. The van der Waals surface area contributed by atoms with Gasteiger partial charge in [0.05, 0.1) is 7.11 Å². The Kier molecular flexibility index (Phi) is 4.71. The van der Waals surface area contributed by atoms with E-state index in [1.165, 1.54) is 38.4 Å². The molecular formula is C12H20O2. The van der Waals surface area contributed by atoms with Gasteiger partial charge in [-0.15, -0.1) is 0 Å². The summed E-state index contributed by atoms with van der Waals surface area (Å²) in [5.74, 6) is 0.661. The van der Waals surface area contributed by atoms with Crippen LogP contribution in [0.15, 0.2) is 11.6 Å². The third-order valence-corrected chi connectivity index (χ3v) is 3.08. The lowest BCUT2D eigenvalue weighted by Crippen LogP contribution is -1.97. The zero-order chi connectivity index (χ0) is 10.4. The number of esters is 1. The first-order valence-corrected chi connectivity index (χ1v) is 5.53. The van der Waals surface area contributed by atoms with E-state index in [-0.39, 0.29) is 5.97 Å². The summed E-state index contributed by atoms with van der Waals surface area (Å²) < 4.78 is 4.63. The topological polar surface area (TPSA) is 26.3 Å². The Morgan fingerprint density at radius 1 is 1.50 bits per heavy atom. The summed E-state index contributed by atoms with van der Waals surface area (Å²) in [5, 5.41) is 0. The average molecular weight is 196 g/mol. The van der Waals surface area contributed by atoms with E-state index in [4.69, 9.17) is 0 Å². The molecule has 1 rings (SSSR count). The van der Waals surface area contributed by atoms with Gasteiger partial charge in [0.1, 0.15) is 0 Å². The smallest absolute Gasteiger partial charge is 0.330 e. The minimum absolute atomic E-state index is 0.199. The molecule has 1 aliphatic rings. The van der Waals surface area contributed by atoms with Crippen LogP contribution in [0.1, 0.15) is 45.4 Å². The largest absolute Gasteiger partial charge is 0.466 e. The summed E-state index contributed by atoms with van der Waals surface area (Å²) in [6.45, 7) is 2.25. The summed E-state index contributed by atoms with van der Waals surface area (Å²) in [7, 11) is 1.44. The monoisotopic (exact) mass is 196 g/mol. The molecule has 0 radical (unpaired) electrons. The van der Waals surface area contributed by atoms with Crippen LogP contribution in [0, 0.1) is 5.92 Å². The Labute approximate surface area is 86.3 Å². The van der Waals surface area contributed by atoms with Gasteiger partial charge in [0, 0.05) is 6.08 Å². The molecule has 1 aliphatic carbocycles. The lowest BCUT2D eigenvalue weighted by Gasteiger charge is -2.08. The van der Waals surface area contributed by atoms with Crippen molar-refractivity contribution in [3.8, 4) is 0 Å². The van der Waals surface area contributed by atoms with Crippen LogP contribution in [0.3, 0.4) is 0 Å². The van der Waals surface area contributed by atoms with Crippen molar-refractivity contribution >= 4 is 5.97 Å². The van der Waals surface area contributed by atoms with Crippen LogP contribution < -0.4 is 0 Å². The van der Waals surface area contributed by atoms with Gasteiger partial charge in [-0.25, -0.2) is 4.79 Å². The highest BCUT2D eigenvalue weighted by Crippen LogP contribution is 2.28. The molecule has 0 aromatic rings. The van der Waals surface area contributed by atoms with E-state index in [2.05, 4.69) is 11.7 Å². The van der Waals surface area contributed by atoms with Gasteiger partial charge in [0.2, 0.25) is 0 Å². The van der Waals surface area contributed by atoms with E-state index in [1.54, 1.807) is 6.08 Å². The fourth-order valence-electron chi connectivity index (χ4n) is 2.05. The molecule has 0 aliphatic heterocycles. The number of carbonyl (C=O) groups excluding carboxylic acids is 1. The standard InChI is InChI=1S/C12H20O2/c1-3-10-5-4-6-11(8-7-10)9-12(13)14-2/h9-10H,3-8H2,1-2H3/b11-9-. The van der Waals surface area contributed by atoms with Gasteiger partial charge >= 0.3 is 5.97 Å². The molecule has 0 spiro atoms. The maximum Gasteiger partial charge on any atom is 0.330 e. The molecule has 1 fully saturated rings. The zero-order valence-corrected chi connectivity index (χ0v) is 9.21. The second kappa shape index (κ2) is 5.84. The molecule has 0 amide bonds. The van der Waals surface area contributed by atoms with E-state index in [1.807, 2.05) is 0 Å². The molecule has 80 valence electrons. The van der Waals surface area contributed by atoms with Crippen LogP contribution >= 0.6 is 0 Å². The molecule has 0 aromatic heterocycles. The SMILES string of the molecule is CCC1CCC/C(=C/C(=O)OC)CC1. The summed E-state index contributed by atoms with van der Waals surface area (Å²) in [4.78, 5) is 11.0. The van der Waals surface area contributed by atoms with E-state index in [0.717, 1.165) is 18.8 Å². The second-order valence-electron chi connectivity index (χ2n) is 4.03. The highest BCUT2D eigenvalue weighted by atomic mass is 16.5. The van der Waals surface area contributed by atoms with Crippen molar-refractivity contribution in [2.24, 2.45) is 5.92 Å². The van der Waals surface area contributed by atoms with Gasteiger partial charge in [-0.1, -0.05) is 25.3 Å². The number of hydrogen-bond donors (Lipinski definition) is 0. The Bertz CT molecular complexity index is 218. The Balaban J connectivity index is 2.49. The maximum absolute atomic E-state index is 11.0. The van der Waals surface area contributed by atoms with Gasteiger partial charge in [0.25, 0.3) is 0 Å². The van der Waals surface area contributed by atoms with E-state index >= 15 is 0 Å². The number of carbonyl (C=O) groups is 1. The first-order chi connectivity index (χ1) is 6.76. The minimum atomic E-state index is -0.199. The summed E-state index contributed by atoms with van der Waals surface area (Å²) >= 11 is 0. The highest BCUT2D eigenvalue weighted by Gasteiger charge is 2.13. The molecular weight excluding hydrogens is 176 g/mol. The molecule has 1 saturated carbocycles. The number of methoxy groups -OCH3 is 1. The Hall–Kier alpha value is -0.790. The van der Waals surface area contributed by atoms with Crippen LogP contribution in [0.4, 0.5) is 0 Å². The maximum atomic E-state index is 11.0. The predicted octanol–water partition coefficient (Wildman–Crippen LogP) is 3.08. The average Bonchev–Trinajstić information content (AvgIpc) is 2.43. The van der Waals surface area contributed by atoms with Gasteiger partial charge < -0.3 is 4.74 Å². The summed E-state index contributed by atoms with van der Waals surface area (Å²) in [5.41, 5.74) is 1.27. The molecule has 1 unspecified atom stereocenters. The van der Waals surface area contributed by atoms with E-state index in [9.17, 15) is 4.79 Å². The van der Waals surface area contributed by atoms with Crippen molar-refractivity contribution < 1.29 is 9.53 Å². The Morgan fingerprint density at radius 2 is 2.29 bits per heavy atom. The quantitative estimate of drug-likeness (QED) is 0.385. The molecule has 2 heteroatoms. The zero-order valence-electron chi connectivity index (χ0n) is 9.21. The molecule has 14 heavy (non-hydrogen) atoms. The minimum Gasteiger partial charge on any atom is -0.466 e. The number of allylic oxidation sites excluding steroid dienone is 1. The molecule has 0 N–H and O–H groups in total. The third kappa shape index (κ3) is 3.52. The lowest BCUT2D eigenvalue weighted by atomic mass is 9.98. The van der Waals surface area contributed by atoms with Crippen molar-refractivity contribution in [3.05, 3.63) is 11.6 Å². The summed E-state index contributed by atoms with van der Waals surface area (Å²) in [6.07, 6.45) is 8.87. The van der Waals surface area contributed by atoms with Crippen LogP contribution in [-0.2, 0) is 9.53 Å². The molecule has 0 saturated heterocycles. The van der Waals surface area contributed by atoms with E-state index < -0.39 is 0 Å². The third-order valence-electron chi connectivity index (χ3n) is 3.08. The van der Waals surface area contributed by atoms with Gasteiger partial charge in [0.15, 0.2) is 0 Å². The van der Waals surface area contributed by atoms with Crippen LogP contribution in [0.25, 0.3) is 0 Å². The van der Waals surface area contributed by atoms with Crippen LogP contribution in [0.5, 0.6) is 0 Å². The van der Waals surface area contributed by atoms with Crippen molar-refractivity contribution in [1.82, 2.24) is 0 Å². The molecule has 0 bridgehead atoms. The van der Waals surface area contributed by atoms with Crippen molar-refractivity contribution in [3.63, 3.8) is 0 Å². The number of ether oxygens (including phenoxy) is 1. The normalized spacial score (nSPS) is 25.9. The van der Waals surface area contributed by atoms with Crippen molar-refractivity contribution in [2.45, 2.75) is 45.4 Å². The molecule has 2 nitrogen and oxygen atoms in total. The summed E-state index contributed by atoms with van der Waals surface area (Å²) in [6, 6.07) is 0. The van der Waals surface area contributed by atoms with Crippen molar-refractivity contribution in [2.75, 3.05) is 7.11 Å². The second-order valence-corrected chi connectivity index (χ2v) is 4.03. The highest BCUT2D eigenvalue weighted by molar-refractivity contribution is 5.82. The van der Waals surface area contributed by atoms with Gasteiger partial charge in [-0.2, -0.15) is 0 Å². The molecule has 0 aromatic carbocycles. The Morgan fingerprint density at radius 3 is 2.93 bits per heavy atom. The first-order valence-electron chi connectivity index (χ1n) is 5.53. The van der Waals surface area contributed by atoms with Crippen molar-refractivity contribution in [1.29, 1.82) is 0 Å². The number of hydrogen-bond acceptors (Lipinski definition) is 2. The fourth-order valence-corrected chi connectivity index (χ4v) is 2.05. The van der Waals surface area contributed by atoms with Crippen LogP contribution in [0.2, 0.25) is 0 Å². The van der Waals surface area contributed by atoms with E-state index in [0.29, 0.717) is 0 Å². The van der Waals surface area contributed by atoms with Gasteiger partial charge in [-0.3, -0.25) is 0 Å².